The summed E-state index contributed by atoms with van der Waals surface area (Å²) in [6, 6.07) is 8.18. The molecule has 0 saturated heterocycles. The van der Waals surface area contributed by atoms with Gasteiger partial charge in [-0.15, -0.1) is 0 Å². The zero-order valence-corrected chi connectivity index (χ0v) is 14.6. The lowest BCUT2D eigenvalue weighted by Gasteiger charge is -2.11. The number of aromatic nitrogens is 2. The zero-order chi connectivity index (χ0) is 17.4. The highest BCUT2D eigenvalue weighted by atomic mass is 15.0. The van der Waals surface area contributed by atoms with Crippen LogP contribution in [0.25, 0.3) is 0 Å². The van der Waals surface area contributed by atoms with E-state index in [-0.39, 0.29) is 0 Å². The first-order valence-corrected chi connectivity index (χ1v) is 8.21. The number of nitrogens with one attached hydrogen (secondary N) is 3. The maximum Gasteiger partial charge on any atom is 0.132 e. The van der Waals surface area contributed by atoms with Crippen LogP contribution in [0.4, 0.5) is 11.5 Å². The molecular formula is C19H25N5. The van der Waals surface area contributed by atoms with Crippen LogP contribution in [0, 0.1) is 19.3 Å². The quantitative estimate of drug-likeness (QED) is 0.639. The van der Waals surface area contributed by atoms with Crippen LogP contribution in [0.5, 0.6) is 0 Å². The van der Waals surface area contributed by atoms with E-state index in [0.29, 0.717) is 0 Å². The molecule has 0 amide bonds. The second-order valence-corrected chi connectivity index (χ2v) is 5.70. The van der Waals surface area contributed by atoms with Crippen LogP contribution in [-0.4, -0.2) is 22.7 Å². The van der Waals surface area contributed by atoms with Gasteiger partial charge in [0.1, 0.15) is 12.1 Å². The van der Waals surface area contributed by atoms with E-state index in [1.807, 2.05) is 25.3 Å². The fraction of sp³-hybridized carbons (Fsp3) is 0.316. The Morgan fingerprint density at radius 1 is 1.17 bits per heavy atom. The Balaban J connectivity index is 1.90. The lowest BCUT2D eigenvalue weighted by atomic mass is 10.2. The summed E-state index contributed by atoms with van der Waals surface area (Å²) in [4.78, 5) is 8.57. The molecule has 0 aliphatic rings. The first-order valence-electron chi connectivity index (χ1n) is 8.21. The van der Waals surface area contributed by atoms with Gasteiger partial charge in [-0.2, -0.15) is 0 Å². The minimum atomic E-state index is 0.720. The smallest absolute Gasteiger partial charge is 0.132 e. The molecule has 24 heavy (non-hydrogen) atoms. The third kappa shape index (κ3) is 4.91. The maximum atomic E-state index is 7.56. The van der Waals surface area contributed by atoms with E-state index in [2.05, 4.69) is 46.6 Å². The number of aryl methyl sites for hydroxylation is 2. The van der Waals surface area contributed by atoms with Gasteiger partial charge in [0.25, 0.3) is 0 Å². The first kappa shape index (κ1) is 17.7. The largest absolute Gasteiger partial charge is 0.369 e. The highest BCUT2D eigenvalue weighted by molar-refractivity contribution is 5.76. The molecule has 0 atom stereocenters. The lowest BCUT2D eigenvalue weighted by molar-refractivity contribution is 0.950. The SMILES string of the molecule is CCc1ncnc(NCC/C(C=N)=C/Nc2ccc(C)cc2)c1C. The van der Waals surface area contributed by atoms with Crippen LogP contribution in [0.1, 0.15) is 30.2 Å². The standard InChI is InChI=1S/C19H25N5/c1-4-18-15(3)19(24-13-23-18)21-10-9-16(11-20)12-22-17-7-5-14(2)6-8-17/h5-8,11-13,20,22H,4,9-10H2,1-3H3,(H,21,23,24)/b16-12-,20-11?. The van der Waals surface area contributed by atoms with Crippen molar-refractivity contribution in [3.05, 3.63) is 59.2 Å². The van der Waals surface area contributed by atoms with Gasteiger partial charge in [-0.1, -0.05) is 24.6 Å². The molecular weight excluding hydrogens is 298 g/mol. The molecule has 1 heterocycles. The van der Waals surface area contributed by atoms with Crippen molar-refractivity contribution in [2.45, 2.75) is 33.6 Å². The van der Waals surface area contributed by atoms with Crippen molar-refractivity contribution in [3.63, 3.8) is 0 Å². The lowest BCUT2D eigenvalue weighted by Crippen LogP contribution is -2.09. The van der Waals surface area contributed by atoms with Crippen molar-refractivity contribution in [1.29, 1.82) is 5.41 Å². The molecule has 0 aliphatic carbocycles. The summed E-state index contributed by atoms with van der Waals surface area (Å²) in [6.07, 6.45) is 6.50. The van der Waals surface area contributed by atoms with Crippen LogP contribution < -0.4 is 10.6 Å². The van der Waals surface area contributed by atoms with Crippen LogP contribution in [0.3, 0.4) is 0 Å². The summed E-state index contributed by atoms with van der Waals surface area (Å²) < 4.78 is 0. The molecule has 0 spiro atoms. The van der Waals surface area contributed by atoms with E-state index in [1.54, 1.807) is 6.33 Å². The number of hydrogen-bond acceptors (Lipinski definition) is 5. The monoisotopic (exact) mass is 323 g/mol. The zero-order valence-electron chi connectivity index (χ0n) is 14.6. The molecule has 0 bridgehead atoms. The molecule has 0 fully saturated rings. The highest BCUT2D eigenvalue weighted by Gasteiger charge is 2.04. The Morgan fingerprint density at radius 3 is 2.58 bits per heavy atom. The molecule has 1 aromatic heterocycles. The van der Waals surface area contributed by atoms with E-state index in [1.165, 1.54) is 11.8 Å². The Kier molecular flexibility index (Phi) is 6.49. The normalized spacial score (nSPS) is 11.2. The number of hydrogen-bond donors (Lipinski definition) is 3. The van der Waals surface area contributed by atoms with Gasteiger partial charge < -0.3 is 16.0 Å². The van der Waals surface area contributed by atoms with Gasteiger partial charge in [-0.25, -0.2) is 9.97 Å². The average Bonchev–Trinajstić information content (AvgIpc) is 2.60. The molecule has 3 N–H and O–H groups in total. The minimum absolute atomic E-state index is 0.720. The Morgan fingerprint density at radius 2 is 1.92 bits per heavy atom. The van der Waals surface area contributed by atoms with Crippen molar-refractivity contribution < 1.29 is 0 Å². The Hall–Kier alpha value is -2.69. The van der Waals surface area contributed by atoms with E-state index in [9.17, 15) is 0 Å². The average molecular weight is 323 g/mol. The van der Waals surface area contributed by atoms with E-state index in [0.717, 1.165) is 47.7 Å². The molecule has 0 unspecified atom stereocenters. The van der Waals surface area contributed by atoms with E-state index in [4.69, 9.17) is 5.41 Å². The van der Waals surface area contributed by atoms with Crippen molar-refractivity contribution >= 4 is 17.7 Å². The maximum absolute atomic E-state index is 7.56. The second-order valence-electron chi connectivity index (χ2n) is 5.70. The number of anilines is 2. The van der Waals surface area contributed by atoms with Crippen LogP contribution >= 0.6 is 0 Å². The molecule has 5 nitrogen and oxygen atoms in total. The van der Waals surface area contributed by atoms with E-state index >= 15 is 0 Å². The summed E-state index contributed by atoms with van der Waals surface area (Å²) in [5, 5.41) is 14.1. The third-order valence-electron chi connectivity index (χ3n) is 3.89. The van der Waals surface area contributed by atoms with Gasteiger partial charge in [0.2, 0.25) is 0 Å². The Bertz CT molecular complexity index is 704. The van der Waals surface area contributed by atoms with Gasteiger partial charge in [0.05, 0.1) is 0 Å². The van der Waals surface area contributed by atoms with Gasteiger partial charge in [-0.05, 0) is 44.4 Å². The number of rotatable bonds is 8. The van der Waals surface area contributed by atoms with Crippen LogP contribution in [-0.2, 0) is 6.42 Å². The van der Waals surface area contributed by atoms with Gasteiger partial charge in [0.15, 0.2) is 0 Å². The van der Waals surface area contributed by atoms with Crippen LogP contribution in [0.2, 0.25) is 0 Å². The summed E-state index contributed by atoms with van der Waals surface area (Å²) >= 11 is 0. The van der Waals surface area contributed by atoms with Gasteiger partial charge in [0, 0.05) is 35.9 Å². The number of nitrogens with zero attached hydrogens (tertiary/aromatic N) is 2. The fourth-order valence-electron chi connectivity index (χ4n) is 2.36. The molecule has 126 valence electrons. The summed E-state index contributed by atoms with van der Waals surface area (Å²) in [6.45, 7) is 6.91. The fourth-order valence-corrected chi connectivity index (χ4v) is 2.36. The second kappa shape index (κ2) is 8.82. The predicted molar refractivity (Wildman–Crippen MR) is 101 cm³/mol. The summed E-state index contributed by atoms with van der Waals surface area (Å²) in [7, 11) is 0. The molecule has 2 rings (SSSR count). The summed E-state index contributed by atoms with van der Waals surface area (Å²) in [5.74, 6) is 0.873. The molecule has 5 heteroatoms. The van der Waals surface area contributed by atoms with Crippen molar-refractivity contribution in [1.82, 2.24) is 9.97 Å². The first-order chi connectivity index (χ1) is 11.6. The van der Waals surface area contributed by atoms with Crippen molar-refractivity contribution in [2.75, 3.05) is 17.2 Å². The number of benzene rings is 1. The molecule has 2 aromatic rings. The third-order valence-corrected chi connectivity index (χ3v) is 3.89. The molecule has 0 aliphatic heterocycles. The van der Waals surface area contributed by atoms with Crippen molar-refractivity contribution in [2.24, 2.45) is 0 Å². The van der Waals surface area contributed by atoms with Crippen molar-refractivity contribution in [3.8, 4) is 0 Å². The van der Waals surface area contributed by atoms with E-state index < -0.39 is 0 Å². The molecule has 0 radical (unpaired) electrons. The summed E-state index contributed by atoms with van der Waals surface area (Å²) in [5.41, 5.74) is 5.33. The topological polar surface area (TPSA) is 73.7 Å². The predicted octanol–water partition coefficient (Wildman–Crippen LogP) is 4.10. The van der Waals surface area contributed by atoms with Gasteiger partial charge in [-0.3, -0.25) is 0 Å². The highest BCUT2D eigenvalue weighted by Crippen LogP contribution is 2.14. The minimum Gasteiger partial charge on any atom is -0.369 e. The van der Waals surface area contributed by atoms with Crippen LogP contribution in [0.15, 0.2) is 42.4 Å². The van der Waals surface area contributed by atoms with Gasteiger partial charge >= 0.3 is 0 Å². The molecule has 0 saturated carbocycles. The Labute approximate surface area is 143 Å². The molecule has 1 aromatic carbocycles.